The second kappa shape index (κ2) is 7.34. The largest absolute Gasteiger partial charge is 0.416 e. The zero-order valence-electron chi connectivity index (χ0n) is 13.9. The van der Waals surface area contributed by atoms with Crippen LogP contribution < -0.4 is 10.6 Å². The van der Waals surface area contributed by atoms with Crippen molar-refractivity contribution in [2.45, 2.75) is 25.6 Å². The minimum absolute atomic E-state index is 0.0213. The maximum Gasteiger partial charge on any atom is 0.416 e. The van der Waals surface area contributed by atoms with E-state index in [1.165, 1.54) is 18.3 Å². The number of hydrogen-bond donors (Lipinski definition) is 2. The summed E-state index contributed by atoms with van der Waals surface area (Å²) >= 11 is 0. The van der Waals surface area contributed by atoms with Crippen LogP contribution in [0.5, 0.6) is 0 Å². The molecule has 2 N–H and O–H groups in total. The second-order valence-electron chi connectivity index (χ2n) is 6.22. The van der Waals surface area contributed by atoms with Gasteiger partial charge >= 0.3 is 6.18 Å². The van der Waals surface area contributed by atoms with E-state index in [1.54, 1.807) is 0 Å². The summed E-state index contributed by atoms with van der Waals surface area (Å²) in [6.45, 7) is -0.286. The molecule has 1 fully saturated rings. The van der Waals surface area contributed by atoms with Crippen LogP contribution >= 0.6 is 0 Å². The Morgan fingerprint density at radius 3 is 2.56 bits per heavy atom. The highest BCUT2D eigenvalue weighted by molar-refractivity contribution is 5.97. The molecule has 0 unspecified atom stereocenters. The number of alkyl halides is 3. The van der Waals surface area contributed by atoms with Gasteiger partial charge in [-0.1, -0.05) is 0 Å². The molecule has 2 aromatic rings. The third kappa shape index (κ3) is 5.02. The number of hydrogen-bond acceptors (Lipinski definition) is 3. The van der Waals surface area contributed by atoms with E-state index in [-0.39, 0.29) is 35.3 Å². The van der Waals surface area contributed by atoms with Gasteiger partial charge in [-0.25, -0.2) is 9.37 Å². The van der Waals surface area contributed by atoms with E-state index in [1.807, 2.05) is 0 Å². The first-order chi connectivity index (χ1) is 12.7. The Morgan fingerprint density at radius 2 is 1.89 bits per heavy atom. The first-order valence-corrected chi connectivity index (χ1v) is 8.14. The molecule has 0 bridgehead atoms. The van der Waals surface area contributed by atoms with Crippen molar-refractivity contribution in [3.8, 4) is 0 Å². The molecule has 0 saturated heterocycles. The first kappa shape index (κ1) is 18.8. The zero-order chi connectivity index (χ0) is 19.6. The van der Waals surface area contributed by atoms with Gasteiger partial charge in [0.05, 0.1) is 5.56 Å². The molecular weight excluding hydrogens is 366 g/mol. The standard InChI is InChI=1S/C18H15F4N3O2/c19-14-6-10(5-13(8-14)18(20,21)22)9-24-16(26)12-3-4-23-15(7-12)25-17(27)11-1-2-11/h3-8,11H,1-2,9H2,(H,24,26)(H,23,25,27). The average Bonchev–Trinajstić information content (AvgIpc) is 3.44. The van der Waals surface area contributed by atoms with Gasteiger partial charge in [0.1, 0.15) is 11.6 Å². The van der Waals surface area contributed by atoms with Crippen molar-refractivity contribution in [1.29, 1.82) is 0 Å². The third-order valence-electron chi connectivity index (χ3n) is 3.96. The van der Waals surface area contributed by atoms with Crippen LogP contribution in [0.2, 0.25) is 0 Å². The molecule has 2 amide bonds. The van der Waals surface area contributed by atoms with E-state index < -0.39 is 23.5 Å². The van der Waals surface area contributed by atoms with Gasteiger partial charge in [0.2, 0.25) is 5.91 Å². The Bertz CT molecular complexity index is 879. The average molecular weight is 381 g/mol. The lowest BCUT2D eigenvalue weighted by atomic mass is 10.1. The molecule has 0 radical (unpaired) electrons. The Hall–Kier alpha value is -2.97. The summed E-state index contributed by atoms with van der Waals surface area (Å²) in [7, 11) is 0. The van der Waals surface area contributed by atoms with Gasteiger partial charge in [0, 0.05) is 24.2 Å². The number of nitrogens with one attached hydrogen (secondary N) is 2. The van der Waals surface area contributed by atoms with E-state index in [4.69, 9.17) is 0 Å². The predicted molar refractivity (Wildman–Crippen MR) is 88.2 cm³/mol. The number of amides is 2. The lowest BCUT2D eigenvalue weighted by molar-refractivity contribution is -0.137. The van der Waals surface area contributed by atoms with Crippen LogP contribution in [-0.2, 0) is 17.5 Å². The number of aromatic nitrogens is 1. The van der Waals surface area contributed by atoms with Crippen LogP contribution in [0.3, 0.4) is 0 Å². The number of carbonyl (C=O) groups excluding carboxylic acids is 2. The fourth-order valence-corrected chi connectivity index (χ4v) is 2.41. The lowest BCUT2D eigenvalue weighted by Crippen LogP contribution is -2.23. The van der Waals surface area contributed by atoms with Gasteiger partial charge in [-0.05, 0) is 48.7 Å². The van der Waals surface area contributed by atoms with Crippen LogP contribution in [-0.4, -0.2) is 16.8 Å². The summed E-state index contributed by atoms with van der Waals surface area (Å²) in [5.74, 6) is -1.61. The molecule has 27 heavy (non-hydrogen) atoms. The molecule has 9 heteroatoms. The highest BCUT2D eigenvalue weighted by atomic mass is 19.4. The minimum atomic E-state index is -4.68. The molecule has 1 aromatic heterocycles. The fourth-order valence-electron chi connectivity index (χ4n) is 2.41. The Labute approximate surface area is 151 Å². The maximum atomic E-state index is 13.4. The molecule has 0 atom stereocenters. The highest BCUT2D eigenvalue weighted by Gasteiger charge is 2.31. The van der Waals surface area contributed by atoms with E-state index >= 15 is 0 Å². The van der Waals surface area contributed by atoms with Crippen LogP contribution in [0.25, 0.3) is 0 Å². The van der Waals surface area contributed by atoms with Crippen molar-refractivity contribution in [2.24, 2.45) is 5.92 Å². The minimum Gasteiger partial charge on any atom is -0.348 e. The molecule has 1 aliphatic carbocycles. The van der Waals surface area contributed by atoms with Crippen LogP contribution in [0.1, 0.15) is 34.3 Å². The molecule has 0 spiro atoms. The summed E-state index contributed by atoms with van der Waals surface area (Å²) in [6.07, 6.45) is -1.71. The van der Waals surface area contributed by atoms with Crippen molar-refractivity contribution in [1.82, 2.24) is 10.3 Å². The summed E-state index contributed by atoms with van der Waals surface area (Å²) in [6, 6.07) is 4.85. The zero-order valence-corrected chi connectivity index (χ0v) is 13.9. The number of rotatable bonds is 5. The van der Waals surface area contributed by atoms with Crippen LogP contribution in [0.4, 0.5) is 23.4 Å². The van der Waals surface area contributed by atoms with Crippen molar-refractivity contribution in [2.75, 3.05) is 5.32 Å². The topological polar surface area (TPSA) is 71.1 Å². The van der Waals surface area contributed by atoms with Crippen molar-refractivity contribution < 1.29 is 27.2 Å². The molecule has 3 rings (SSSR count). The van der Waals surface area contributed by atoms with Crippen molar-refractivity contribution >= 4 is 17.6 Å². The Kier molecular flexibility index (Phi) is 5.11. The fraction of sp³-hybridized carbons (Fsp3) is 0.278. The lowest BCUT2D eigenvalue weighted by Gasteiger charge is -2.11. The summed E-state index contributed by atoms with van der Waals surface area (Å²) in [4.78, 5) is 27.9. The van der Waals surface area contributed by atoms with E-state index in [0.717, 1.165) is 25.0 Å². The molecule has 1 heterocycles. The normalized spacial score (nSPS) is 13.9. The summed E-state index contributed by atoms with van der Waals surface area (Å²) in [5, 5.41) is 5.02. The second-order valence-corrected chi connectivity index (χ2v) is 6.22. The number of anilines is 1. The van der Waals surface area contributed by atoms with Gasteiger partial charge in [-0.2, -0.15) is 13.2 Å². The van der Waals surface area contributed by atoms with Gasteiger partial charge < -0.3 is 10.6 Å². The van der Waals surface area contributed by atoms with Crippen molar-refractivity contribution in [3.05, 3.63) is 59.0 Å². The highest BCUT2D eigenvalue weighted by Crippen LogP contribution is 2.31. The van der Waals surface area contributed by atoms with Gasteiger partial charge in [0.25, 0.3) is 5.91 Å². The first-order valence-electron chi connectivity index (χ1n) is 8.14. The number of nitrogens with zero attached hydrogens (tertiary/aromatic N) is 1. The number of carbonyl (C=O) groups is 2. The third-order valence-corrected chi connectivity index (χ3v) is 3.96. The number of benzene rings is 1. The van der Waals surface area contributed by atoms with Crippen LogP contribution in [0, 0.1) is 11.7 Å². The molecule has 1 aliphatic rings. The molecule has 1 saturated carbocycles. The van der Waals surface area contributed by atoms with Gasteiger partial charge in [-0.3, -0.25) is 9.59 Å². The number of pyridine rings is 1. The van der Waals surface area contributed by atoms with E-state index in [9.17, 15) is 27.2 Å². The number of halogens is 4. The van der Waals surface area contributed by atoms with Gasteiger partial charge in [0.15, 0.2) is 0 Å². The Balaban J connectivity index is 1.65. The maximum absolute atomic E-state index is 13.4. The van der Waals surface area contributed by atoms with E-state index in [2.05, 4.69) is 15.6 Å². The van der Waals surface area contributed by atoms with Gasteiger partial charge in [-0.15, -0.1) is 0 Å². The van der Waals surface area contributed by atoms with Crippen molar-refractivity contribution in [3.63, 3.8) is 0 Å². The molecule has 142 valence electrons. The van der Waals surface area contributed by atoms with E-state index in [0.29, 0.717) is 6.07 Å². The molecule has 1 aromatic carbocycles. The monoisotopic (exact) mass is 381 g/mol. The smallest absolute Gasteiger partial charge is 0.348 e. The summed E-state index contributed by atoms with van der Waals surface area (Å²) in [5.41, 5.74) is -0.976. The SMILES string of the molecule is O=C(NCc1cc(F)cc(C(F)(F)F)c1)c1ccnc(NC(=O)C2CC2)c1. The predicted octanol–water partition coefficient (Wildman–Crippen LogP) is 3.52. The molecular formula is C18H15F4N3O2. The molecule has 5 nitrogen and oxygen atoms in total. The summed E-state index contributed by atoms with van der Waals surface area (Å²) < 4.78 is 51.6. The Morgan fingerprint density at radius 1 is 1.15 bits per heavy atom. The van der Waals surface area contributed by atoms with Crippen LogP contribution in [0.15, 0.2) is 36.5 Å². The molecule has 0 aliphatic heterocycles. The quantitative estimate of drug-likeness (QED) is 0.779.